The second kappa shape index (κ2) is 11.1. The number of alkyl halides is 3. The van der Waals surface area contributed by atoms with Crippen LogP contribution in [0.1, 0.15) is 61.6 Å². The van der Waals surface area contributed by atoms with Crippen LogP contribution in [0.15, 0.2) is 12.1 Å². The molecule has 0 bridgehead atoms. The molecule has 188 valence electrons. The van der Waals surface area contributed by atoms with E-state index in [-0.39, 0.29) is 0 Å². The van der Waals surface area contributed by atoms with Gasteiger partial charge in [-0.1, -0.05) is 31.5 Å². The number of aliphatic carboxylic acids is 1. The standard InChI is InChI=1S/C23H34N4.C2HF3O2/c1-8-19(9-2)27-12-11-20-18(7)24-23(25-22(20)27)26(10-3)21-16(5)13-15(4)14-17(21)6;3-2(4,5)1(6)7/h13-14,19H,8-12H2,1-7H3;(H,6,7). The summed E-state index contributed by atoms with van der Waals surface area (Å²) < 4.78 is 31.7. The maximum absolute atomic E-state index is 10.6. The molecule has 2 heterocycles. The lowest BCUT2D eigenvalue weighted by Crippen LogP contribution is -2.33. The van der Waals surface area contributed by atoms with Crippen LogP contribution in [0.5, 0.6) is 0 Å². The molecule has 3 rings (SSSR count). The molecule has 2 aromatic rings. The van der Waals surface area contributed by atoms with Crippen LogP contribution in [0.3, 0.4) is 0 Å². The molecule has 0 unspecified atom stereocenters. The molecule has 0 saturated carbocycles. The number of fused-ring (bicyclic) bond motifs is 1. The van der Waals surface area contributed by atoms with Gasteiger partial charge in [0.05, 0.1) is 0 Å². The summed E-state index contributed by atoms with van der Waals surface area (Å²) in [4.78, 5) is 23.7. The number of halogens is 3. The lowest BCUT2D eigenvalue weighted by molar-refractivity contribution is -0.192. The van der Waals surface area contributed by atoms with E-state index >= 15 is 0 Å². The van der Waals surface area contributed by atoms with Gasteiger partial charge in [-0.15, -0.1) is 0 Å². The van der Waals surface area contributed by atoms with Crippen molar-refractivity contribution in [3.63, 3.8) is 0 Å². The summed E-state index contributed by atoms with van der Waals surface area (Å²) in [6, 6.07) is 5.06. The van der Waals surface area contributed by atoms with Gasteiger partial charge in [0.1, 0.15) is 5.82 Å². The number of carbonyl (C=O) groups is 1. The van der Waals surface area contributed by atoms with Gasteiger partial charge in [-0.3, -0.25) is 0 Å². The zero-order chi connectivity index (χ0) is 25.8. The third-order valence-electron chi connectivity index (χ3n) is 6.14. The lowest BCUT2D eigenvalue weighted by atomic mass is 10.0. The first-order valence-electron chi connectivity index (χ1n) is 11.6. The number of aromatic nitrogens is 2. The molecule has 0 aliphatic carbocycles. The van der Waals surface area contributed by atoms with Gasteiger partial charge in [0.25, 0.3) is 0 Å². The highest BCUT2D eigenvalue weighted by molar-refractivity contribution is 5.73. The van der Waals surface area contributed by atoms with Gasteiger partial charge in [0.15, 0.2) is 0 Å². The maximum Gasteiger partial charge on any atom is 0.490 e. The summed E-state index contributed by atoms with van der Waals surface area (Å²) >= 11 is 0. The Morgan fingerprint density at radius 2 is 1.62 bits per heavy atom. The van der Waals surface area contributed by atoms with Crippen LogP contribution in [0, 0.1) is 27.7 Å². The number of anilines is 3. The summed E-state index contributed by atoms with van der Waals surface area (Å²) in [6.45, 7) is 17.3. The lowest BCUT2D eigenvalue weighted by Gasteiger charge is -2.30. The quantitative estimate of drug-likeness (QED) is 0.543. The summed E-state index contributed by atoms with van der Waals surface area (Å²) in [5.74, 6) is -0.763. The minimum absolute atomic E-state index is 0.561. The molecule has 0 fully saturated rings. The number of carboxylic acids is 1. The number of hydrogen-bond acceptors (Lipinski definition) is 5. The predicted octanol–water partition coefficient (Wildman–Crippen LogP) is 6.05. The Bertz CT molecular complexity index is 997. The Morgan fingerprint density at radius 3 is 2.06 bits per heavy atom. The normalized spacial score (nSPS) is 13.0. The molecule has 1 aromatic heterocycles. The van der Waals surface area contributed by atoms with E-state index in [0.717, 1.165) is 49.8 Å². The van der Waals surface area contributed by atoms with E-state index in [1.807, 2.05) is 0 Å². The van der Waals surface area contributed by atoms with Crippen LogP contribution in [-0.4, -0.2) is 46.4 Å². The molecule has 1 aliphatic rings. The Labute approximate surface area is 199 Å². The maximum atomic E-state index is 10.6. The average Bonchev–Trinajstić information content (AvgIpc) is 3.15. The second-order valence-electron chi connectivity index (χ2n) is 8.62. The van der Waals surface area contributed by atoms with Crippen LogP contribution in [0.25, 0.3) is 0 Å². The summed E-state index contributed by atoms with van der Waals surface area (Å²) in [7, 11) is 0. The molecule has 6 nitrogen and oxygen atoms in total. The fraction of sp³-hybridized carbons (Fsp3) is 0.560. The number of rotatable bonds is 6. The highest BCUT2D eigenvalue weighted by atomic mass is 19.4. The molecular formula is C25H35F3N4O2. The van der Waals surface area contributed by atoms with Gasteiger partial charge in [0.2, 0.25) is 5.95 Å². The van der Waals surface area contributed by atoms with Gasteiger partial charge < -0.3 is 14.9 Å². The minimum Gasteiger partial charge on any atom is -0.475 e. The van der Waals surface area contributed by atoms with E-state index in [1.165, 1.54) is 27.9 Å². The molecule has 0 spiro atoms. The molecule has 0 saturated heterocycles. The minimum atomic E-state index is -5.08. The fourth-order valence-electron chi connectivity index (χ4n) is 4.64. The van der Waals surface area contributed by atoms with E-state index in [4.69, 9.17) is 19.9 Å². The third-order valence-corrected chi connectivity index (χ3v) is 6.14. The Kier molecular flexibility index (Phi) is 8.91. The van der Waals surface area contributed by atoms with Crippen molar-refractivity contribution < 1.29 is 23.1 Å². The van der Waals surface area contributed by atoms with E-state index in [0.29, 0.717) is 6.04 Å². The Morgan fingerprint density at radius 1 is 1.09 bits per heavy atom. The van der Waals surface area contributed by atoms with Crippen LogP contribution in [0.2, 0.25) is 0 Å². The van der Waals surface area contributed by atoms with Crippen molar-refractivity contribution in [2.24, 2.45) is 0 Å². The number of nitrogens with zero attached hydrogens (tertiary/aromatic N) is 4. The van der Waals surface area contributed by atoms with Crippen LogP contribution < -0.4 is 9.80 Å². The Hall–Kier alpha value is -2.84. The molecule has 9 heteroatoms. The van der Waals surface area contributed by atoms with Crippen LogP contribution in [-0.2, 0) is 11.2 Å². The van der Waals surface area contributed by atoms with Gasteiger partial charge in [0, 0.05) is 36.1 Å². The van der Waals surface area contributed by atoms with E-state index in [9.17, 15) is 13.2 Å². The van der Waals surface area contributed by atoms with Crippen molar-refractivity contribution in [1.82, 2.24) is 9.97 Å². The van der Waals surface area contributed by atoms with Crippen LogP contribution in [0.4, 0.5) is 30.6 Å². The molecule has 0 amide bonds. The highest BCUT2D eigenvalue weighted by Crippen LogP contribution is 2.36. The second-order valence-corrected chi connectivity index (χ2v) is 8.62. The molecular weight excluding hydrogens is 445 g/mol. The van der Waals surface area contributed by atoms with Crippen molar-refractivity contribution in [2.45, 2.75) is 79.9 Å². The number of aryl methyl sites for hydroxylation is 4. The smallest absolute Gasteiger partial charge is 0.475 e. The molecule has 0 radical (unpaired) electrons. The SMILES string of the molecule is CCC(CC)N1CCc2c(C)nc(N(CC)c3c(C)cc(C)cc3C)nc21.O=C(O)C(F)(F)F. The highest BCUT2D eigenvalue weighted by Gasteiger charge is 2.38. The van der Waals surface area contributed by atoms with E-state index in [2.05, 4.69) is 70.4 Å². The molecule has 1 aliphatic heterocycles. The Balaban J connectivity index is 0.000000509. The summed E-state index contributed by atoms with van der Waals surface area (Å²) in [6.07, 6.45) is -1.71. The zero-order valence-corrected chi connectivity index (χ0v) is 21.0. The van der Waals surface area contributed by atoms with Gasteiger partial charge in [-0.25, -0.2) is 9.78 Å². The fourth-order valence-corrected chi connectivity index (χ4v) is 4.64. The zero-order valence-electron chi connectivity index (χ0n) is 21.0. The molecule has 34 heavy (non-hydrogen) atoms. The molecule has 1 N–H and O–H groups in total. The summed E-state index contributed by atoms with van der Waals surface area (Å²) in [5.41, 5.74) is 7.58. The van der Waals surface area contributed by atoms with Gasteiger partial charge >= 0.3 is 12.1 Å². The van der Waals surface area contributed by atoms with Crippen molar-refractivity contribution in [3.8, 4) is 0 Å². The largest absolute Gasteiger partial charge is 0.490 e. The van der Waals surface area contributed by atoms with Crippen molar-refractivity contribution >= 4 is 23.4 Å². The predicted molar refractivity (Wildman–Crippen MR) is 129 cm³/mol. The first kappa shape index (κ1) is 27.4. The number of hydrogen-bond donors (Lipinski definition) is 1. The third kappa shape index (κ3) is 5.98. The van der Waals surface area contributed by atoms with E-state index < -0.39 is 12.1 Å². The van der Waals surface area contributed by atoms with Gasteiger partial charge in [-0.05, 0) is 65.0 Å². The van der Waals surface area contributed by atoms with Crippen molar-refractivity contribution in [3.05, 3.63) is 40.1 Å². The van der Waals surface area contributed by atoms with Crippen molar-refractivity contribution in [1.29, 1.82) is 0 Å². The first-order valence-corrected chi connectivity index (χ1v) is 11.6. The topological polar surface area (TPSA) is 69.6 Å². The van der Waals surface area contributed by atoms with E-state index in [1.54, 1.807) is 0 Å². The molecule has 1 aromatic carbocycles. The monoisotopic (exact) mass is 480 g/mol. The van der Waals surface area contributed by atoms with Gasteiger partial charge in [-0.2, -0.15) is 18.2 Å². The first-order chi connectivity index (χ1) is 15.8. The summed E-state index contributed by atoms with van der Waals surface area (Å²) in [5, 5.41) is 7.12. The number of carboxylic acid groups (broad SMARTS) is 1. The number of benzene rings is 1. The van der Waals surface area contributed by atoms with Crippen molar-refractivity contribution in [2.75, 3.05) is 22.9 Å². The van der Waals surface area contributed by atoms with Crippen LogP contribution >= 0.6 is 0 Å². The molecule has 0 atom stereocenters. The average molecular weight is 481 g/mol.